The minimum atomic E-state index is 0.852. The highest BCUT2D eigenvalue weighted by Crippen LogP contribution is 2.28. The first-order chi connectivity index (χ1) is 8.74. The highest BCUT2D eigenvalue weighted by Gasteiger charge is 2.17. The standard InChI is InChI=1S/C16H22N2/c1-11-3-4-14-15(12(2)18-16(14)9-11)10-13-5-7-17-8-6-13/h3-4,9,13,17-18H,5-8,10H2,1-2H3. The Labute approximate surface area is 109 Å². The number of hydrogen-bond acceptors (Lipinski definition) is 1. The van der Waals surface area contributed by atoms with Gasteiger partial charge in [0.05, 0.1) is 0 Å². The van der Waals surface area contributed by atoms with Crippen molar-refractivity contribution >= 4 is 10.9 Å². The second-order valence-corrected chi connectivity index (χ2v) is 5.68. The van der Waals surface area contributed by atoms with Gasteiger partial charge in [0.25, 0.3) is 0 Å². The van der Waals surface area contributed by atoms with Crippen LogP contribution in [0.25, 0.3) is 10.9 Å². The van der Waals surface area contributed by atoms with Crippen LogP contribution in [0.1, 0.15) is 29.7 Å². The smallest absolute Gasteiger partial charge is 0.0461 e. The predicted octanol–water partition coefficient (Wildman–Crippen LogP) is 3.33. The van der Waals surface area contributed by atoms with Crippen LogP contribution in [0.5, 0.6) is 0 Å². The molecule has 96 valence electrons. The van der Waals surface area contributed by atoms with Gasteiger partial charge in [-0.3, -0.25) is 0 Å². The van der Waals surface area contributed by atoms with Crippen molar-refractivity contribution in [3.63, 3.8) is 0 Å². The summed E-state index contributed by atoms with van der Waals surface area (Å²) in [5, 5.41) is 4.87. The molecule has 0 spiro atoms. The zero-order valence-corrected chi connectivity index (χ0v) is 11.3. The van der Waals surface area contributed by atoms with Crippen LogP contribution in [-0.4, -0.2) is 18.1 Å². The molecule has 0 amide bonds. The Kier molecular flexibility index (Phi) is 3.13. The molecule has 1 aliphatic rings. The van der Waals surface area contributed by atoms with Crippen LogP contribution < -0.4 is 5.32 Å². The topological polar surface area (TPSA) is 27.8 Å². The van der Waals surface area contributed by atoms with Crippen molar-refractivity contribution in [1.82, 2.24) is 10.3 Å². The number of hydrogen-bond donors (Lipinski definition) is 2. The first-order valence-electron chi connectivity index (χ1n) is 7.02. The Balaban J connectivity index is 1.92. The Bertz CT molecular complexity index is 547. The largest absolute Gasteiger partial charge is 0.358 e. The minimum absolute atomic E-state index is 0.852. The van der Waals surface area contributed by atoms with E-state index in [1.165, 1.54) is 60.1 Å². The fourth-order valence-corrected chi connectivity index (χ4v) is 3.14. The van der Waals surface area contributed by atoms with Gasteiger partial charge in [-0.15, -0.1) is 0 Å². The molecule has 2 heterocycles. The van der Waals surface area contributed by atoms with Gasteiger partial charge in [-0.2, -0.15) is 0 Å². The van der Waals surface area contributed by atoms with Gasteiger partial charge < -0.3 is 10.3 Å². The lowest BCUT2D eigenvalue weighted by molar-refractivity contribution is 0.373. The van der Waals surface area contributed by atoms with Gasteiger partial charge >= 0.3 is 0 Å². The molecule has 0 radical (unpaired) electrons. The highest BCUT2D eigenvalue weighted by atomic mass is 14.9. The Morgan fingerprint density at radius 3 is 2.72 bits per heavy atom. The molecule has 1 aromatic carbocycles. The van der Waals surface area contributed by atoms with E-state index in [2.05, 4.69) is 42.3 Å². The van der Waals surface area contributed by atoms with Crippen molar-refractivity contribution in [3.8, 4) is 0 Å². The third kappa shape index (κ3) is 2.17. The molecular formula is C16H22N2. The molecule has 1 aromatic heterocycles. The number of aromatic nitrogens is 1. The van der Waals surface area contributed by atoms with E-state index in [0.717, 1.165) is 5.92 Å². The van der Waals surface area contributed by atoms with Gasteiger partial charge in [-0.25, -0.2) is 0 Å². The number of aromatic amines is 1. The van der Waals surface area contributed by atoms with Crippen LogP contribution in [0.15, 0.2) is 18.2 Å². The summed E-state index contributed by atoms with van der Waals surface area (Å²) in [4.78, 5) is 3.54. The molecule has 0 unspecified atom stereocenters. The predicted molar refractivity (Wildman–Crippen MR) is 77.1 cm³/mol. The van der Waals surface area contributed by atoms with Crippen LogP contribution in [0, 0.1) is 19.8 Å². The number of piperidine rings is 1. The fourth-order valence-electron chi connectivity index (χ4n) is 3.14. The zero-order chi connectivity index (χ0) is 12.5. The van der Waals surface area contributed by atoms with Gasteiger partial charge in [0.1, 0.15) is 0 Å². The first-order valence-corrected chi connectivity index (χ1v) is 7.02. The van der Waals surface area contributed by atoms with E-state index in [9.17, 15) is 0 Å². The molecule has 0 saturated carbocycles. The number of rotatable bonds is 2. The van der Waals surface area contributed by atoms with Crippen molar-refractivity contribution in [3.05, 3.63) is 35.0 Å². The maximum absolute atomic E-state index is 3.54. The van der Waals surface area contributed by atoms with Crippen molar-refractivity contribution in [2.24, 2.45) is 5.92 Å². The summed E-state index contributed by atoms with van der Waals surface area (Å²) in [6, 6.07) is 6.76. The number of benzene rings is 1. The molecule has 1 aliphatic heterocycles. The van der Waals surface area contributed by atoms with E-state index < -0.39 is 0 Å². The molecule has 18 heavy (non-hydrogen) atoms. The lowest BCUT2D eigenvalue weighted by Gasteiger charge is -2.22. The van der Waals surface area contributed by atoms with Crippen molar-refractivity contribution < 1.29 is 0 Å². The third-order valence-corrected chi connectivity index (χ3v) is 4.23. The van der Waals surface area contributed by atoms with Crippen molar-refractivity contribution in [1.29, 1.82) is 0 Å². The molecule has 2 aromatic rings. The Hall–Kier alpha value is -1.28. The van der Waals surface area contributed by atoms with Crippen molar-refractivity contribution in [2.75, 3.05) is 13.1 Å². The molecule has 0 atom stereocenters. The number of nitrogens with one attached hydrogen (secondary N) is 2. The van der Waals surface area contributed by atoms with Gasteiger partial charge in [0, 0.05) is 16.6 Å². The summed E-state index contributed by atoms with van der Waals surface area (Å²) in [6.45, 7) is 6.74. The van der Waals surface area contributed by atoms with Crippen LogP contribution in [-0.2, 0) is 6.42 Å². The molecule has 2 N–H and O–H groups in total. The van der Waals surface area contributed by atoms with Gasteiger partial charge in [0.2, 0.25) is 0 Å². The van der Waals surface area contributed by atoms with Gasteiger partial charge in [-0.05, 0) is 69.3 Å². The molecule has 1 saturated heterocycles. The van der Waals surface area contributed by atoms with E-state index in [0.29, 0.717) is 0 Å². The molecule has 1 fully saturated rings. The SMILES string of the molecule is Cc1ccc2c(CC3CCNCC3)c(C)[nH]c2c1. The quantitative estimate of drug-likeness (QED) is 0.830. The molecule has 2 heteroatoms. The second kappa shape index (κ2) is 4.77. The van der Waals surface area contributed by atoms with Crippen molar-refractivity contribution in [2.45, 2.75) is 33.1 Å². The minimum Gasteiger partial charge on any atom is -0.358 e. The number of fused-ring (bicyclic) bond motifs is 1. The molecule has 2 nitrogen and oxygen atoms in total. The normalized spacial score (nSPS) is 17.4. The number of aryl methyl sites for hydroxylation is 2. The molecule has 0 aliphatic carbocycles. The summed E-state index contributed by atoms with van der Waals surface area (Å²) >= 11 is 0. The summed E-state index contributed by atoms with van der Waals surface area (Å²) in [5.41, 5.74) is 5.53. The van der Waals surface area contributed by atoms with E-state index in [-0.39, 0.29) is 0 Å². The molecule has 3 rings (SSSR count). The third-order valence-electron chi connectivity index (χ3n) is 4.23. The van der Waals surface area contributed by atoms with Crippen LogP contribution in [0.2, 0.25) is 0 Å². The summed E-state index contributed by atoms with van der Waals surface area (Å²) in [5.74, 6) is 0.852. The van der Waals surface area contributed by atoms with E-state index >= 15 is 0 Å². The maximum atomic E-state index is 3.54. The van der Waals surface area contributed by atoms with Crippen LogP contribution in [0.3, 0.4) is 0 Å². The van der Waals surface area contributed by atoms with Gasteiger partial charge in [-0.1, -0.05) is 12.1 Å². The second-order valence-electron chi connectivity index (χ2n) is 5.68. The zero-order valence-electron chi connectivity index (χ0n) is 11.3. The Morgan fingerprint density at radius 2 is 1.94 bits per heavy atom. The monoisotopic (exact) mass is 242 g/mol. The average molecular weight is 242 g/mol. The van der Waals surface area contributed by atoms with E-state index in [4.69, 9.17) is 0 Å². The van der Waals surface area contributed by atoms with E-state index in [1.807, 2.05) is 0 Å². The summed E-state index contributed by atoms with van der Waals surface area (Å²) < 4.78 is 0. The first kappa shape index (κ1) is 11.8. The lowest BCUT2D eigenvalue weighted by atomic mass is 9.90. The van der Waals surface area contributed by atoms with Crippen LogP contribution in [0.4, 0.5) is 0 Å². The fraction of sp³-hybridized carbons (Fsp3) is 0.500. The lowest BCUT2D eigenvalue weighted by Crippen LogP contribution is -2.28. The van der Waals surface area contributed by atoms with E-state index in [1.54, 1.807) is 0 Å². The van der Waals surface area contributed by atoms with Crippen LogP contribution >= 0.6 is 0 Å². The van der Waals surface area contributed by atoms with Gasteiger partial charge in [0.15, 0.2) is 0 Å². The number of H-pyrrole nitrogens is 1. The summed E-state index contributed by atoms with van der Waals surface area (Å²) in [6.07, 6.45) is 3.87. The molecular weight excluding hydrogens is 220 g/mol. The Morgan fingerprint density at radius 1 is 1.17 bits per heavy atom. The molecule has 0 bridgehead atoms. The average Bonchev–Trinajstić information content (AvgIpc) is 2.66. The summed E-state index contributed by atoms with van der Waals surface area (Å²) in [7, 11) is 0. The maximum Gasteiger partial charge on any atom is 0.0461 e. The highest BCUT2D eigenvalue weighted by molar-refractivity contribution is 5.85.